The van der Waals surface area contributed by atoms with Gasteiger partial charge in [-0.2, -0.15) is 0 Å². The summed E-state index contributed by atoms with van der Waals surface area (Å²) in [7, 11) is 0. The maximum absolute atomic E-state index is 4.18. The number of aromatic nitrogens is 4. The third-order valence-corrected chi connectivity index (χ3v) is 3.26. The van der Waals surface area contributed by atoms with Crippen LogP contribution in [0.25, 0.3) is 0 Å². The zero-order valence-electron chi connectivity index (χ0n) is 12.5. The molecule has 1 unspecified atom stereocenters. The van der Waals surface area contributed by atoms with Crippen molar-refractivity contribution >= 4 is 0 Å². The zero-order valence-corrected chi connectivity index (χ0v) is 12.5. The quantitative estimate of drug-likeness (QED) is 0.841. The average Bonchev–Trinajstić information content (AvgIpc) is 2.89. The van der Waals surface area contributed by atoms with Crippen molar-refractivity contribution in [2.45, 2.75) is 39.8 Å². The first-order valence-electron chi connectivity index (χ1n) is 7.24. The van der Waals surface area contributed by atoms with Gasteiger partial charge in [0.1, 0.15) is 0 Å². The molecule has 0 spiro atoms. The molecule has 1 N–H and O–H groups in total. The van der Waals surface area contributed by atoms with Gasteiger partial charge in [0.15, 0.2) is 5.82 Å². The maximum atomic E-state index is 4.18. The molecular formula is C15H23N5. The molecule has 0 aliphatic heterocycles. The second-order valence-electron chi connectivity index (χ2n) is 5.40. The molecule has 108 valence electrons. The Morgan fingerprint density at radius 1 is 1.20 bits per heavy atom. The molecule has 0 bridgehead atoms. The highest BCUT2D eigenvalue weighted by molar-refractivity contribution is 5.19. The fraction of sp³-hybridized carbons (Fsp3) is 0.533. The lowest BCUT2D eigenvalue weighted by Crippen LogP contribution is -2.23. The van der Waals surface area contributed by atoms with Gasteiger partial charge in [-0.3, -0.25) is 0 Å². The number of hydrogen-bond acceptors (Lipinski definition) is 4. The minimum atomic E-state index is 0.196. The highest BCUT2D eigenvalue weighted by atomic mass is 15.6. The van der Waals surface area contributed by atoms with E-state index in [9.17, 15) is 0 Å². The van der Waals surface area contributed by atoms with Crippen molar-refractivity contribution in [1.29, 1.82) is 0 Å². The molecule has 1 atom stereocenters. The third-order valence-electron chi connectivity index (χ3n) is 3.26. The van der Waals surface area contributed by atoms with Crippen LogP contribution in [0.5, 0.6) is 0 Å². The van der Waals surface area contributed by atoms with Crippen LogP contribution < -0.4 is 5.32 Å². The summed E-state index contributed by atoms with van der Waals surface area (Å²) in [6, 6.07) is 10.6. The summed E-state index contributed by atoms with van der Waals surface area (Å²) in [5, 5.41) is 15.6. The number of rotatable bonds is 7. The molecule has 5 heteroatoms. The summed E-state index contributed by atoms with van der Waals surface area (Å²) in [4.78, 5) is 0. The van der Waals surface area contributed by atoms with Crippen molar-refractivity contribution in [1.82, 2.24) is 25.5 Å². The predicted molar refractivity (Wildman–Crippen MR) is 79.2 cm³/mol. The lowest BCUT2D eigenvalue weighted by molar-refractivity contribution is 0.457. The van der Waals surface area contributed by atoms with Gasteiger partial charge in [-0.15, -0.1) is 5.10 Å². The number of nitrogens with one attached hydrogen (secondary N) is 1. The molecule has 0 saturated carbocycles. The second-order valence-corrected chi connectivity index (χ2v) is 5.40. The summed E-state index contributed by atoms with van der Waals surface area (Å²) in [5.41, 5.74) is 1.24. The highest BCUT2D eigenvalue weighted by Gasteiger charge is 2.17. The van der Waals surface area contributed by atoms with Crippen LogP contribution in [0.2, 0.25) is 0 Å². The Morgan fingerprint density at radius 2 is 1.95 bits per heavy atom. The third kappa shape index (κ3) is 3.63. The first-order chi connectivity index (χ1) is 9.72. The molecule has 0 radical (unpaired) electrons. The van der Waals surface area contributed by atoms with Crippen molar-refractivity contribution in [3.8, 4) is 0 Å². The molecule has 0 fully saturated rings. The lowest BCUT2D eigenvalue weighted by atomic mass is 10.0. The summed E-state index contributed by atoms with van der Waals surface area (Å²) < 4.78 is 1.93. The fourth-order valence-corrected chi connectivity index (χ4v) is 2.27. The molecular weight excluding hydrogens is 250 g/mol. The van der Waals surface area contributed by atoms with Gasteiger partial charge in [0.25, 0.3) is 0 Å². The summed E-state index contributed by atoms with van der Waals surface area (Å²) >= 11 is 0. The van der Waals surface area contributed by atoms with Crippen LogP contribution >= 0.6 is 0 Å². The van der Waals surface area contributed by atoms with E-state index in [0.717, 1.165) is 18.8 Å². The van der Waals surface area contributed by atoms with Crippen LogP contribution in [0.1, 0.15) is 44.6 Å². The van der Waals surface area contributed by atoms with E-state index in [4.69, 9.17) is 0 Å². The minimum absolute atomic E-state index is 0.196. The molecule has 1 aromatic carbocycles. The van der Waals surface area contributed by atoms with Gasteiger partial charge in [0.05, 0.1) is 12.6 Å². The van der Waals surface area contributed by atoms with Crippen LogP contribution in [-0.2, 0) is 6.54 Å². The number of tetrazole rings is 1. The van der Waals surface area contributed by atoms with Crippen molar-refractivity contribution in [3.63, 3.8) is 0 Å². The molecule has 1 aromatic heterocycles. The van der Waals surface area contributed by atoms with Gasteiger partial charge in [0, 0.05) is 0 Å². The van der Waals surface area contributed by atoms with Crippen molar-refractivity contribution in [3.05, 3.63) is 41.7 Å². The lowest BCUT2D eigenvalue weighted by Gasteiger charge is -2.17. The van der Waals surface area contributed by atoms with Crippen molar-refractivity contribution in [2.24, 2.45) is 5.92 Å². The van der Waals surface area contributed by atoms with Crippen LogP contribution in [0.4, 0.5) is 0 Å². The van der Waals surface area contributed by atoms with Crippen molar-refractivity contribution in [2.75, 3.05) is 6.54 Å². The second kappa shape index (κ2) is 7.14. The summed E-state index contributed by atoms with van der Waals surface area (Å²) in [5.74, 6) is 1.51. The van der Waals surface area contributed by atoms with Gasteiger partial charge in [-0.05, 0) is 34.9 Å². The SMILES string of the molecule is CCC(c1ccccc1)n1nnnc1CNCC(C)C. The molecule has 20 heavy (non-hydrogen) atoms. The molecule has 0 amide bonds. The number of benzene rings is 1. The molecule has 1 heterocycles. The normalized spacial score (nSPS) is 12.8. The summed E-state index contributed by atoms with van der Waals surface area (Å²) in [6.07, 6.45) is 0.965. The zero-order chi connectivity index (χ0) is 14.4. The van der Waals surface area contributed by atoms with Crippen LogP contribution in [0, 0.1) is 5.92 Å². The van der Waals surface area contributed by atoms with Crippen LogP contribution in [-0.4, -0.2) is 26.8 Å². The monoisotopic (exact) mass is 273 g/mol. The Bertz CT molecular complexity index is 506. The maximum Gasteiger partial charge on any atom is 0.165 e. The minimum Gasteiger partial charge on any atom is -0.310 e. The van der Waals surface area contributed by atoms with Gasteiger partial charge < -0.3 is 5.32 Å². The summed E-state index contributed by atoms with van der Waals surface area (Å²) in [6.45, 7) is 8.21. The molecule has 0 aliphatic rings. The Hall–Kier alpha value is -1.75. The van der Waals surface area contributed by atoms with E-state index >= 15 is 0 Å². The Morgan fingerprint density at radius 3 is 2.60 bits per heavy atom. The van der Waals surface area contributed by atoms with Gasteiger partial charge in [-0.25, -0.2) is 4.68 Å². The molecule has 5 nitrogen and oxygen atoms in total. The van der Waals surface area contributed by atoms with E-state index in [1.165, 1.54) is 5.56 Å². The van der Waals surface area contributed by atoms with E-state index in [2.05, 4.69) is 65.9 Å². The first-order valence-corrected chi connectivity index (χ1v) is 7.24. The van der Waals surface area contributed by atoms with E-state index in [1.54, 1.807) is 0 Å². The van der Waals surface area contributed by atoms with Crippen LogP contribution in [0.15, 0.2) is 30.3 Å². The van der Waals surface area contributed by atoms with E-state index in [-0.39, 0.29) is 6.04 Å². The number of hydrogen-bond donors (Lipinski definition) is 1. The molecule has 2 aromatic rings. The molecule has 0 aliphatic carbocycles. The Labute approximate surface area is 120 Å². The average molecular weight is 273 g/mol. The van der Waals surface area contributed by atoms with E-state index in [1.807, 2.05) is 10.7 Å². The first kappa shape index (κ1) is 14.7. The van der Waals surface area contributed by atoms with E-state index in [0.29, 0.717) is 12.5 Å². The fourth-order valence-electron chi connectivity index (χ4n) is 2.27. The van der Waals surface area contributed by atoms with E-state index < -0.39 is 0 Å². The molecule has 0 saturated heterocycles. The van der Waals surface area contributed by atoms with Crippen molar-refractivity contribution < 1.29 is 0 Å². The smallest absolute Gasteiger partial charge is 0.165 e. The number of nitrogens with zero attached hydrogens (tertiary/aromatic N) is 4. The Kier molecular flexibility index (Phi) is 5.24. The van der Waals surface area contributed by atoms with Gasteiger partial charge in [0.2, 0.25) is 0 Å². The Balaban J connectivity index is 2.13. The highest BCUT2D eigenvalue weighted by Crippen LogP contribution is 2.21. The van der Waals surface area contributed by atoms with Gasteiger partial charge in [-0.1, -0.05) is 51.1 Å². The van der Waals surface area contributed by atoms with Crippen LogP contribution in [0.3, 0.4) is 0 Å². The largest absolute Gasteiger partial charge is 0.310 e. The predicted octanol–water partition coefficient (Wildman–Crippen LogP) is 2.42. The topological polar surface area (TPSA) is 55.6 Å². The van der Waals surface area contributed by atoms with Gasteiger partial charge >= 0.3 is 0 Å². The molecule has 2 rings (SSSR count). The standard InChI is InChI=1S/C15H23N5/c1-4-14(13-8-6-5-7-9-13)20-15(17-18-19-20)11-16-10-12(2)3/h5-9,12,14,16H,4,10-11H2,1-3H3.